The van der Waals surface area contributed by atoms with Gasteiger partial charge in [-0.15, -0.1) is 11.3 Å². The number of carboxylic acids is 1. The van der Waals surface area contributed by atoms with E-state index in [1.807, 2.05) is 5.38 Å². The molecular weight excluding hydrogens is 262 g/mol. The summed E-state index contributed by atoms with van der Waals surface area (Å²) in [6.45, 7) is 2.97. The zero-order chi connectivity index (χ0) is 14.0. The van der Waals surface area contributed by atoms with Crippen LogP contribution < -0.4 is 0 Å². The van der Waals surface area contributed by atoms with E-state index >= 15 is 0 Å². The molecule has 0 aromatic carbocycles. The van der Waals surface area contributed by atoms with Crippen molar-refractivity contribution in [2.75, 3.05) is 13.6 Å². The van der Waals surface area contributed by atoms with Gasteiger partial charge < -0.3 is 10.0 Å². The molecule has 1 fully saturated rings. The summed E-state index contributed by atoms with van der Waals surface area (Å²) in [5.74, 6) is 0.292. The first-order valence-electron chi connectivity index (χ1n) is 6.23. The predicted octanol–water partition coefficient (Wildman–Crippen LogP) is 2.57. The van der Waals surface area contributed by atoms with E-state index in [4.69, 9.17) is 5.11 Å². The Labute approximate surface area is 116 Å². The van der Waals surface area contributed by atoms with E-state index < -0.39 is 5.97 Å². The van der Waals surface area contributed by atoms with E-state index in [0.29, 0.717) is 22.3 Å². The Morgan fingerprint density at radius 1 is 1.58 bits per heavy atom. The minimum atomic E-state index is -1.01. The number of carboxylic acid groups (broad SMARTS) is 1. The van der Waals surface area contributed by atoms with Crippen LogP contribution in [0.15, 0.2) is 17.5 Å². The van der Waals surface area contributed by atoms with Gasteiger partial charge in [0, 0.05) is 19.7 Å². The highest BCUT2D eigenvalue weighted by Crippen LogP contribution is 2.38. The summed E-state index contributed by atoms with van der Waals surface area (Å²) in [6.07, 6.45) is 3.72. The molecule has 0 bridgehead atoms. The third-order valence-corrected chi connectivity index (χ3v) is 4.34. The zero-order valence-corrected chi connectivity index (χ0v) is 11.8. The zero-order valence-electron chi connectivity index (χ0n) is 11.0. The number of aliphatic carboxylic acids is 1. The van der Waals surface area contributed by atoms with Crippen molar-refractivity contribution in [3.8, 4) is 0 Å². The first kappa shape index (κ1) is 13.8. The van der Waals surface area contributed by atoms with Gasteiger partial charge in [-0.3, -0.25) is 4.79 Å². The van der Waals surface area contributed by atoms with Crippen molar-refractivity contribution in [2.24, 2.45) is 11.8 Å². The van der Waals surface area contributed by atoms with Crippen molar-refractivity contribution in [3.05, 3.63) is 28.0 Å². The lowest BCUT2D eigenvalue weighted by Gasteiger charge is -2.16. The van der Waals surface area contributed by atoms with Crippen molar-refractivity contribution in [1.29, 1.82) is 0 Å². The highest BCUT2D eigenvalue weighted by molar-refractivity contribution is 7.12. The molecule has 2 rings (SSSR count). The van der Waals surface area contributed by atoms with Crippen molar-refractivity contribution in [2.45, 2.75) is 13.3 Å². The molecule has 1 saturated carbocycles. The quantitative estimate of drug-likeness (QED) is 0.843. The minimum absolute atomic E-state index is 0.0286. The van der Waals surface area contributed by atoms with Crippen LogP contribution in [0.3, 0.4) is 0 Å². The maximum atomic E-state index is 12.3. The van der Waals surface area contributed by atoms with E-state index in [1.54, 1.807) is 18.0 Å². The average molecular weight is 279 g/mol. The van der Waals surface area contributed by atoms with Crippen LogP contribution in [-0.2, 0) is 4.79 Å². The van der Waals surface area contributed by atoms with Gasteiger partial charge in [0.1, 0.15) is 0 Å². The summed E-state index contributed by atoms with van der Waals surface area (Å²) in [6, 6.07) is 1.77. The van der Waals surface area contributed by atoms with Gasteiger partial charge in [0.15, 0.2) is 0 Å². The van der Waals surface area contributed by atoms with Gasteiger partial charge in [-0.25, -0.2) is 4.79 Å². The second kappa shape index (κ2) is 5.57. The summed E-state index contributed by atoms with van der Waals surface area (Å²) in [7, 11) is 1.80. The maximum Gasteiger partial charge on any atom is 0.328 e. The molecule has 0 saturated heterocycles. The molecule has 4 nitrogen and oxygen atoms in total. The molecule has 0 spiro atoms. The Morgan fingerprint density at radius 3 is 2.84 bits per heavy atom. The molecule has 5 heteroatoms. The van der Waals surface area contributed by atoms with Gasteiger partial charge in [-0.2, -0.15) is 0 Å². The van der Waals surface area contributed by atoms with Crippen LogP contribution in [0, 0.1) is 11.8 Å². The number of amides is 1. The average Bonchev–Trinajstić information content (AvgIpc) is 2.88. The Balaban J connectivity index is 2.06. The van der Waals surface area contributed by atoms with Crippen LogP contribution in [-0.4, -0.2) is 35.5 Å². The molecule has 1 N–H and O–H groups in total. The van der Waals surface area contributed by atoms with E-state index in [1.165, 1.54) is 23.8 Å². The first-order valence-corrected chi connectivity index (χ1v) is 7.11. The summed E-state index contributed by atoms with van der Waals surface area (Å²) < 4.78 is 0. The molecular formula is C14H17NO3S. The van der Waals surface area contributed by atoms with E-state index in [2.05, 4.69) is 6.92 Å². The Kier molecular flexibility index (Phi) is 4.04. The van der Waals surface area contributed by atoms with Gasteiger partial charge in [0.25, 0.3) is 5.91 Å². The van der Waals surface area contributed by atoms with Crippen LogP contribution in [0.2, 0.25) is 0 Å². The molecule has 0 radical (unpaired) electrons. The van der Waals surface area contributed by atoms with Crippen molar-refractivity contribution in [1.82, 2.24) is 4.90 Å². The lowest BCUT2D eigenvalue weighted by atomic mass is 10.2. The Hall–Kier alpha value is -1.62. The molecule has 1 aromatic heterocycles. The molecule has 1 aliphatic rings. The Morgan fingerprint density at radius 2 is 2.26 bits per heavy atom. The Bertz CT molecular complexity index is 521. The van der Waals surface area contributed by atoms with Gasteiger partial charge in [0.05, 0.1) is 4.88 Å². The second-order valence-corrected chi connectivity index (χ2v) is 5.95. The molecule has 19 heavy (non-hydrogen) atoms. The fourth-order valence-corrected chi connectivity index (χ4v) is 2.93. The van der Waals surface area contributed by atoms with Crippen LogP contribution >= 0.6 is 11.3 Å². The number of carbonyl (C=O) groups is 2. The topological polar surface area (TPSA) is 57.6 Å². The van der Waals surface area contributed by atoms with E-state index in [9.17, 15) is 9.59 Å². The fraction of sp³-hybridized carbons (Fsp3) is 0.429. The first-order chi connectivity index (χ1) is 8.99. The third-order valence-electron chi connectivity index (χ3n) is 3.43. The van der Waals surface area contributed by atoms with Gasteiger partial charge in [-0.1, -0.05) is 6.92 Å². The summed E-state index contributed by atoms with van der Waals surface area (Å²) in [5.41, 5.74) is 0.674. The maximum absolute atomic E-state index is 12.3. The second-order valence-electron chi connectivity index (χ2n) is 5.04. The standard InChI is InChI=1S/C14H17NO3S/c1-9-7-11(9)8-15(2)14(18)13-10(5-6-19-13)3-4-12(16)17/h3-6,9,11H,7-8H2,1-2H3,(H,16,17)/b4-3+. The molecule has 2 unspecified atom stereocenters. The molecule has 1 aliphatic carbocycles. The van der Waals surface area contributed by atoms with Crippen molar-refractivity contribution < 1.29 is 14.7 Å². The van der Waals surface area contributed by atoms with Crippen molar-refractivity contribution in [3.63, 3.8) is 0 Å². The predicted molar refractivity (Wildman–Crippen MR) is 75.2 cm³/mol. The van der Waals surface area contributed by atoms with Gasteiger partial charge >= 0.3 is 5.97 Å². The number of hydrogen-bond donors (Lipinski definition) is 1. The lowest BCUT2D eigenvalue weighted by molar-refractivity contribution is -0.131. The molecule has 1 heterocycles. The monoisotopic (exact) mass is 279 g/mol. The summed E-state index contributed by atoms with van der Waals surface area (Å²) in [5, 5.41) is 10.4. The van der Waals surface area contributed by atoms with Gasteiger partial charge in [-0.05, 0) is 41.3 Å². The van der Waals surface area contributed by atoms with Crippen LogP contribution in [0.4, 0.5) is 0 Å². The van der Waals surface area contributed by atoms with E-state index in [0.717, 1.165) is 12.6 Å². The molecule has 1 amide bonds. The molecule has 0 aliphatic heterocycles. The van der Waals surface area contributed by atoms with Crippen LogP contribution in [0.5, 0.6) is 0 Å². The fourth-order valence-electron chi connectivity index (χ4n) is 2.05. The highest BCUT2D eigenvalue weighted by Gasteiger charge is 2.34. The van der Waals surface area contributed by atoms with E-state index in [-0.39, 0.29) is 5.91 Å². The molecule has 102 valence electrons. The smallest absolute Gasteiger partial charge is 0.328 e. The molecule has 1 aromatic rings. The normalized spacial score (nSPS) is 21.6. The number of hydrogen-bond acceptors (Lipinski definition) is 3. The SMILES string of the molecule is CC1CC1CN(C)C(=O)c1sccc1/C=C/C(=O)O. The largest absolute Gasteiger partial charge is 0.478 e. The number of rotatable bonds is 5. The van der Waals surface area contributed by atoms with Crippen LogP contribution in [0.25, 0.3) is 6.08 Å². The van der Waals surface area contributed by atoms with Gasteiger partial charge in [0.2, 0.25) is 0 Å². The van der Waals surface area contributed by atoms with Crippen LogP contribution in [0.1, 0.15) is 28.6 Å². The number of thiophene rings is 1. The summed E-state index contributed by atoms with van der Waals surface area (Å²) in [4.78, 5) is 25.2. The summed E-state index contributed by atoms with van der Waals surface area (Å²) >= 11 is 1.35. The molecule has 2 atom stereocenters. The minimum Gasteiger partial charge on any atom is -0.478 e. The number of nitrogens with zero attached hydrogens (tertiary/aromatic N) is 1. The highest BCUT2D eigenvalue weighted by atomic mass is 32.1. The lowest BCUT2D eigenvalue weighted by Crippen LogP contribution is -2.28. The van der Waals surface area contributed by atoms with Crippen molar-refractivity contribution >= 4 is 29.3 Å². The third kappa shape index (κ3) is 3.44. The number of carbonyl (C=O) groups excluding carboxylic acids is 1.